The molecule has 0 aliphatic rings. The van der Waals surface area contributed by atoms with Crippen LogP contribution in [0.1, 0.15) is 21.5 Å². The third-order valence-electron chi connectivity index (χ3n) is 2.92. The highest BCUT2D eigenvalue weighted by atomic mass is 16.2. The molecule has 0 heterocycles. The molecule has 0 saturated heterocycles. The van der Waals surface area contributed by atoms with Crippen LogP contribution >= 0.6 is 0 Å². The van der Waals surface area contributed by atoms with Gasteiger partial charge in [-0.15, -0.1) is 0 Å². The van der Waals surface area contributed by atoms with Gasteiger partial charge < -0.3 is 11.1 Å². The van der Waals surface area contributed by atoms with Crippen LogP contribution < -0.4 is 11.1 Å². The van der Waals surface area contributed by atoms with Gasteiger partial charge in [0.05, 0.1) is 22.9 Å². The molecular weight excluding hydrogens is 278 g/mol. The fraction of sp³-hybridized carbons (Fsp3) is 0. The van der Waals surface area contributed by atoms with Crippen LogP contribution in [0.15, 0.2) is 54.6 Å². The first-order chi connectivity index (χ1) is 10.6. The van der Waals surface area contributed by atoms with Gasteiger partial charge in [-0.3, -0.25) is 9.59 Å². The van der Waals surface area contributed by atoms with E-state index in [1.807, 2.05) is 6.07 Å². The summed E-state index contributed by atoms with van der Waals surface area (Å²) in [6.45, 7) is 0. The summed E-state index contributed by atoms with van der Waals surface area (Å²) in [5, 5.41) is 11.3. The van der Waals surface area contributed by atoms with Gasteiger partial charge in [-0.25, -0.2) is 0 Å². The number of carbonyl (C=O) groups excluding carboxylic acids is 2. The maximum Gasteiger partial charge on any atom is 0.250 e. The Morgan fingerprint density at radius 1 is 1.09 bits per heavy atom. The van der Waals surface area contributed by atoms with E-state index in [-0.39, 0.29) is 11.5 Å². The van der Waals surface area contributed by atoms with Crippen LogP contribution in [0.25, 0.3) is 6.08 Å². The van der Waals surface area contributed by atoms with Crippen LogP contribution in [0.2, 0.25) is 0 Å². The third-order valence-corrected chi connectivity index (χ3v) is 2.92. The zero-order valence-electron chi connectivity index (χ0n) is 11.6. The molecular formula is C17H13N3O2. The largest absolute Gasteiger partial charge is 0.366 e. The molecule has 2 aromatic rings. The highest BCUT2D eigenvalue weighted by Crippen LogP contribution is 2.14. The second-order valence-corrected chi connectivity index (χ2v) is 4.47. The molecule has 3 N–H and O–H groups in total. The Kier molecular flexibility index (Phi) is 4.68. The molecule has 0 radical (unpaired) electrons. The van der Waals surface area contributed by atoms with E-state index in [9.17, 15) is 9.59 Å². The second-order valence-electron chi connectivity index (χ2n) is 4.47. The lowest BCUT2D eigenvalue weighted by Gasteiger charge is -2.06. The number of para-hydroxylation sites is 1. The molecule has 5 heteroatoms. The molecule has 2 rings (SSSR count). The van der Waals surface area contributed by atoms with Crippen LogP contribution in [-0.2, 0) is 4.79 Å². The Morgan fingerprint density at radius 2 is 1.77 bits per heavy atom. The number of rotatable bonds is 4. The Hall–Kier alpha value is -3.39. The minimum absolute atomic E-state index is 0.252. The topological polar surface area (TPSA) is 96.0 Å². The molecule has 0 fully saturated rings. The van der Waals surface area contributed by atoms with E-state index >= 15 is 0 Å². The van der Waals surface area contributed by atoms with Gasteiger partial charge in [0, 0.05) is 6.08 Å². The number of nitrogens with zero attached hydrogens (tertiary/aromatic N) is 1. The van der Waals surface area contributed by atoms with E-state index in [2.05, 4.69) is 5.32 Å². The van der Waals surface area contributed by atoms with E-state index < -0.39 is 5.91 Å². The summed E-state index contributed by atoms with van der Waals surface area (Å²) in [6.07, 6.45) is 2.96. The van der Waals surface area contributed by atoms with E-state index in [0.29, 0.717) is 11.3 Å². The molecule has 0 aliphatic carbocycles. The first-order valence-electron chi connectivity index (χ1n) is 6.48. The van der Waals surface area contributed by atoms with Crippen LogP contribution in [0.3, 0.4) is 0 Å². The van der Waals surface area contributed by atoms with Gasteiger partial charge in [-0.2, -0.15) is 5.26 Å². The Bertz CT molecular complexity index is 771. The zero-order valence-corrected chi connectivity index (χ0v) is 11.6. The van der Waals surface area contributed by atoms with Crippen LogP contribution in [0, 0.1) is 11.3 Å². The Balaban J connectivity index is 2.08. The molecule has 0 aliphatic heterocycles. The molecule has 5 nitrogen and oxygen atoms in total. The van der Waals surface area contributed by atoms with Gasteiger partial charge in [0.15, 0.2) is 0 Å². The summed E-state index contributed by atoms with van der Waals surface area (Å²) in [4.78, 5) is 23.2. The minimum Gasteiger partial charge on any atom is -0.366 e. The average molecular weight is 291 g/mol. The normalized spacial score (nSPS) is 10.1. The lowest BCUT2D eigenvalue weighted by molar-refractivity contribution is -0.111. The number of benzene rings is 2. The molecule has 0 unspecified atom stereocenters. The first-order valence-corrected chi connectivity index (χ1v) is 6.48. The first kappa shape index (κ1) is 15.0. The molecule has 22 heavy (non-hydrogen) atoms. The van der Waals surface area contributed by atoms with Crippen LogP contribution in [-0.4, -0.2) is 11.8 Å². The van der Waals surface area contributed by atoms with Gasteiger partial charge in [0.1, 0.15) is 0 Å². The predicted octanol–water partition coefficient (Wildman–Crippen LogP) is 2.31. The summed E-state index contributed by atoms with van der Waals surface area (Å²) in [7, 11) is 0. The number of hydrogen-bond donors (Lipinski definition) is 2. The molecule has 0 atom stereocenters. The quantitative estimate of drug-likeness (QED) is 0.846. The van der Waals surface area contributed by atoms with Crippen LogP contribution in [0.5, 0.6) is 0 Å². The number of amides is 2. The maximum absolute atomic E-state index is 11.9. The fourth-order valence-corrected chi connectivity index (χ4v) is 1.82. The molecule has 2 amide bonds. The number of carbonyl (C=O) groups is 2. The van der Waals surface area contributed by atoms with Crippen molar-refractivity contribution < 1.29 is 9.59 Å². The summed E-state index contributed by atoms with van der Waals surface area (Å²) in [5.74, 6) is -0.981. The van der Waals surface area contributed by atoms with Crippen molar-refractivity contribution in [2.24, 2.45) is 5.73 Å². The lowest BCUT2D eigenvalue weighted by Crippen LogP contribution is -2.16. The van der Waals surface area contributed by atoms with Gasteiger partial charge in [-0.05, 0) is 35.9 Å². The van der Waals surface area contributed by atoms with Crippen molar-refractivity contribution in [3.8, 4) is 6.07 Å². The summed E-state index contributed by atoms with van der Waals surface area (Å²) < 4.78 is 0. The smallest absolute Gasteiger partial charge is 0.250 e. The number of primary amides is 1. The number of anilines is 1. The third kappa shape index (κ3) is 3.81. The van der Waals surface area contributed by atoms with Gasteiger partial charge in [0.25, 0.3) is 5.91 Å². The summed E-state index contributed by atoms with van der Waals surface area (Å²) in [6, 6.07) is 15.3. The van der Waals surface area contributed by atoms with Gasteiger partial charge in [-0.1, -0.05) is 24.3 Å². The Morgan fingerprint density at radius 3 is 2.41 bits per heavy atom. The van der Waals surface area contributed by atoms with E-state index in [4.69, 9.17) is 11.0 Å². The number of nitrogens with two attached hydrogens (primary N) is 1. The van der Waals surface area contributed by atoms with Crippen molar-refractivity contribution in [3.05, 3.63) is 71.3 Å². The predicted molar refractivity (Wildman–Crippen MR) is 83.8 cm³/mol. The Labute approximate surface area is 127 Å². The van der Waals surface area contributed by atoms with Crippen molar-refractivity contribution in [2.45, 2.75) is 0 Å². The zero-order chi connectivity index (χ0) is 15.9. The SMILES string of the molecule is N#Cc1ccc(/C=C/C(=O)Nc2ccccc2C(N)=O)cc1. The molecule has 2 aromatic carbocycles. The van der Waals surface area contributed by atoms with E-state index in [1.54, 1.807) is 54.6 Å². The van der Waals surface area contributed by atoms with Crippen LogP contribution in [0.4, 0.5) is 5.69 Å². The summed E-state index contributed by atoms with van der Waals surface area (Å²) >= 11 is 0. The number of nitriles is 1. The standard InChI is InChI=1S/C17H13N3O2/c18-11-13-7-5-12(6-8-13)9-10-16(21)20-15-4-2-1-3-14(15)17(19)22/h1-10H,(H2,19,22)(H,20,21)/b10-9+. The number of nitrogens with one attached hydrogen (secondary N) is 1. The van der Waals surface area contributed by atoms with Crippen molar-refractivity contribution in [3.63, 3.8) is 0 Å². The maximum atomic E-state index is 11.9. The molecule has 0 bridgehead atoms. The second kappa shape index (κ2) is 6.86. The van der Waals surface area contributed by atoms with E-state index in [1.165, 1.54) is 6.08 Å². The fourth-order valence-electron chi connectivity index (χ4n) is 1.82. The lowest BCUT2D eigenvalue weighted by atomic mass is 10.1. The van der Waals surface area contributed by atoms with Gasteiger partial charge in [0.2, 0.25) is 5.91 Å². The monoisotopic (exact) mass is 291 g/mol. The number of hydrogen-bond acceptors (Lipinski definition) is 3. The van der Waals surface area contributed by atoms with Crippen molar-refractivity contribution in [2.75, 3.05) is 5.32 Å². The molecule has 0 saturated carbocycles. The molecule has 0 spiro atoms. The molecule has 0 aromatic heterocycles. The summed E-state index contributed by atoms with van der Waals surface area (Å²) in [5.41, 5.74) is 7.21. The average Bonchev–Trinajstić information content (AvgIpc) is 2.53. The van der Waals surface area contributed by atoms with Crippen molar-refractivity contribution in [1.82, 2.24) is 0 Å². The minimum atomic E-state index is -0.605. The van der Waals surface area contributed by atoms with Crippen molar-refractivity contribution in [1.29, 1.82) is 5.26 Å². The van der Waals surface area contributed by atoms with Gasteiger partial charge >= 0.3 is 0 Å². The van der Waals surface area contributed by atoms with Crippen molar-refractivity contribution >= 4 is 23.6 Å². The highest BCUT2D eigenvalue weighted by Gasteiger charge is 2.08. The van der Waals surface area contributed by atoms with E-state index in [0.717, 1.165) is 5.56 Å². The highest BCUT2D eigenvalue weighted by molar-refractivity contribution is 6.07. The molecule has 108 valence electrons.